The van der Waals surface area contributed by atoms with Gasteiger partial charge in [0, 0.05) is 0 Å². The van der Waals surface area contributed by atoms with E-state index < -0.39 is 5.67 Å². The van der Waals surface area contributed by atoms with Crippen molar-refractivity contribution in [2.24, 2.45) is 5.92 Å². The molecule has 23 heavy (non-hydrogen) atoms. The summed E-state index contributed by atoms with van der Waals surface area (Å²) in [5, 5.41) is 3.15. The molecule has 2 aromatic rings. The van der Waals surface area contributed by atoms with Crippen LogP contribution < -0.4 is 11.1 Å². The van der Waals surface area contributed by atoms with Crippen LogP contribution in [0.5, 0.6) is 0 Å². The molecule has 122 valence electrons. The van der Waals surface area contributed by atoms with Gasteiger partial charge in [0.15, 0.2) is 11.5 Å². The first-order valence-corrected chi connectivity index (χ1v) is 7.50. The molecule has 7 heteroatoms. The minimum atomic E-state index is -1.72. The number of rotatable bonds is 3. The van der Waals surface area contributed by atoms with Crippen LogP contribution in [0, 0.1) is 11.7 Å². The van der Waals surface area contributed by atoms with Gasteiger partial charge in [0.2, 0.25) is 11.9 Å². The van der Waals surface area contributed by atoms with E-state index in [4.69, 9.17) is 5.73 Å². The van der Waals surface area contributed by atoms with Crippen molar-refractivity contribution in [1.29, 1.82) is 0 Å². The number of benzene rings is 1. The molecule has 5 nitrogen and oxygen atoms in total. The molecule has 0 saturated carbocycles. The third kappa shape index (κ3) is 3.09. The largest absolute Gasteiger partial charge is 0.368 e. The average molecular weight is 319 g/mol. The van der Waals surface area contributed by atoms with E-state index >= 15 is 0 Å². The number of alkyl halides is 1. The molecule has 0 spiro atoms. The number of nitrogens with two attached hydrogens (primary N) is 1. The Balaban J connectivity index is 1.94. The summed E-state index contributed by atoms with van der Waals surface area (Å²) in [5.41, 5.74) is 5.89. The minimum Gasteiger partial charge on any atom is -0.368 e. The molecule has 3 rings (SSSR count). The van der Waals surface area contributed by atoms with Crippen LogP contribution in [0.25, 0.3) is 0 Å². The first-order chi connectivity index (χ1) is 10.7. The lowest BCUT2D eigenvalue weighted by Gasteiger charge is -2.20. The van der Waals surface area contributed by atoms with Crippen molar-refractivity contribution in [3.8, 4) is 0 Å². The van der Waals surface area contributed by atoms with E-state index in [1.54, 1.807) is 6.07 Å². The second-order valence-corrected chi connectivity index (χ2v) is 6.46. The molecule has 1 aromatic heterocycles. The Morgan fingerprint density at radius 1 is 1.26 bits per heavy atom. The normalized spacial score (nSPS) is 20.4. The second kappa shape index (κ2) is 5.40. The number of anilines is 2. The summed E-state index contributed by atoms with van der Waals surface area (Å²) in [5.74, 6) is 0.0650. The highest BCUT2D eigenvalue weighted by molar-refractivity contribution is 5.43. The summed E-state index contributed by atoms with van der Waals surface area (Å²) in [4.78, 5) is 12.0. The Hall–Kier alpha value is -2.31. The van der Waals surface area contributed by atoms with Crippen LogP contribution in [0.1, 0.15) is 43.8 Å². The monoisotopic (exact) mass is 319 g/mol. The summed E-state index contributed by atoms with van der Waals surface area (Å²) >= 11 is 0. The summed E-state index contributed by atoms with van der Waals surface area (Å²) in [6.45, 7) is 4.77. The lowest BCUT2D eigenvalue weighted by atomic mass is 10.0. The molecular formula is C16H19F2N5. The second-order valence-electron chi connectivity index (χ2n) is 6.46. The van der Waals surface area contributed by atoms with Crippen molar-refractivity contribution in [2.75, 3.05) is 11.1 Å². The Morgan fingerprint density at radius 2 is 2.00 bits per heavy atom. The van der Waals surface area contributed by atoms with E-state index in [2.05, 4.69) is 27.2 Å². The standard InChI is InChI=1S/C16H19F2N5/c1-8-6-9-4-5-10(17)7-11(9)12(8)20-15-22-13(16(2,3)18)21-14(19)23-15/h4-5,7-8,12H,6H2,1-3H3,(H3,19,20,21,22,23)/t8-,12+/m0/s1. The quantitative estimate of drug-likeness (QED) is 0.909. The number of nitrogens with one attached hydrogen (secondary N) is 1. The topological polar surface area (TPSA) is 76.7 Å². The van der Waals surface area contributed by atoms with E-state index in [1.807, 2.05) is 0 Å². The Bertz CT molecular complexity index is 742. The Morgan fingerprint density at radius 3 is 2.70 bits per heavy atom. The van der Waals surface area contributed by atoms with Crippen molar-refractivity contribution in [3.63, 3.8) is 0 Å². The molecular weight excluding hydrogens is 300 g/mol. The minimum absolute atomic E-state index is 0.0300. The zero-order valence-corrected chi connectivity index (χ0v) is 13.3. The molecule has 0 unspecified atom stereocenters. The molecule has 3 N–H and O–H groups in total. The third-order valence-corrected chi connectivity index (χ3v) is 4.02. The molecule has 0 fully saturated rings. The highest BCUT2D eigenvalue weighted by Gasteiger charge is 2.31. The van der Waals surface area contributed by atoms with Gasteiger partial charge >= 0.3 is 0 Å². The summed E-state index contributed by atoms with van der Waals surface area (Å²) in [7, 11) is 0. The number of halogens is 2. The third-order valence-electron chi connectivity index (χ3n) is 4.02. The molecule has 0 saturated heterocycles. The predicted octanol–water partition coefficient (Wildman–Crippen LogP) is 3.14. The maximum atomic E-state index is 14.1. The van der Waals surface area contributed by atoms with Gasteiger partial charge in [-0.25, -0.2) is 8.78 Å². The van der Waals surface area contributed by atoms with Gasteiger partial charge in [-0.15, -0.1) is 0 Å². The summed E-state index contributed by atoms with van der Waals surface area (Å²) in [6, 6.07) is 4.61. The van der Waals surface area contributed by atoms with Gasteiger partial charge in [-0.3, -0.25) is 0 Å². The molecule has 0 aliphatic heterocycles. The van der Waals surface area contributed by atoms with Crippen molar-refractivity contribution in [3.05, 3.63) is 41.0 Å². The highest BCUT2D eigenvalue weighted by atomic mass is 19.1. The fourth-order valence-electron chi connectivity index (χ4n) is 2.89. The lowest BCUT2D eigenvalue weighted by Crippen LogP contribution is -2.21. The van der Waals surface area contributed by atoms with E-state index in [1.165, 1.54) is 26.0 Å². The molecule has 0 amide bonds. The van der Waals surface area contributed by atoms with Gasteiger partial charge in [0.05, 0.1) is 6.04 Å². The van der Waals surface area contributed by atoms with E-state index in [0.29, 0.717) is 0 Å². The van der Waals surface area contributed by atoms with Crippen LogP contribution in [0.15, 0.2) is 18.2 Å². The van der Waals surface area contributed by atoms with E-state index in [9.17, 15) is 8.78 Å². The van der Waals surface area contributed by atoms with Gasteiger partial charge in [-0.05, 0) is 49.4 Å². The number of aromatic nitrogens is 3. The number of nitrogen functional groups attached to an aromatic ring is 1. The van der Waals surface area contributed by atoms with Crippen LogP contribution in [0.4, 0.5) is 20.7 Å². The van der Waals surface area contributed by atoms with Crippen LogP contribution >= 0.6 is 0 Å². The maximum Gasteiger partial charge on any atom is 0.228 e. The van der Waals surface area contributed by atoms with Gasteiger partial charge in [0.25, 0.3) is 0 Å². The van der Waals surface area contributed by atoms with Gasteiger partial charge < -0.3 is 11.1 Å². The number of fused-ring (bicyclic) bond motifs is 1. The van der Waals surface area contributed by atoms with E-state index in [0.717, 1.165) is 17.5 Å². The van der Waals surface area contributed by atoms with Crippen LogP contribution in [0.2, 0.25) is 0 Å². The average Bonchev–Trinajstić information content (AvgIpc) is 2.73. The first kappa shape index (κ1) is 15.6. The van der Waals surface area contributed by atoms with Gasteiger partial charge in [0.1, 0.15) is 5.82 Å². The van der Waals surface area contributed by atoms with Crippen LogP contribution in [-0.2, 0) is 12.1 Å². The fraction of sp³-hybridized carbons (Fsp3) is 0.438. The molecule has 2 atom stereocenters. The van der Waals surface area contributed by atoms with Crippen LogP contribution in [-0.4, -0.2) is 15.0 Å². The van der Waals surface area contributed by atoms with Crippen LogP contribution in [0.3, 0.4) is 0 Å². The zero-order chi connectivity index (χ0) is 16.8. The van der Waals surface area contributed by atoms with Gasteiger partial charge in [-0.1, -0.05) is 13.0 Å². The zero-order valence-electron chi connectivity index (χ0n) is 13.3. The van der Waals surface area contributed by atoms with Crippen molar-refractivity contribution in [1.82, 2.24) is 15.0 Å². The fourth-order valence-corrected chi connectivity index (χ4v) is 2.89. The van der Waals surface area contributed by atoms with Crippen molar-refractivity contribution < 1.29 is 8.78 Å². The first-order valence-electron chi connectivity index (χ1n) is 7.50. The Kier molecular flexibility index (Phi) is 3.66. The molecule has 1 heterocycles. The number of hydrogen-bond acceptors (Lipinski definition) is 5. The van der Waals surface area contributed by atoms with Crippen molar-refractivity contribution in [2.45, 2.75) is 38.9 Å². The number of hydrogen-bond donors (Lipinski definition) is 2. The molecule has 1 aromatic carbocycles. The number of nitrogens with zero attached hydrogens (tertiary/aromatic N) is 3. The molecule has 1 aliphatic rings. The summed E-state index contributed by atoms with van der Waals surface area (Å²) < 4.78 is 27.6. The predicted molar refractivity (Wildman–Crippen MR) is 84.0 cm³/mol. The summed E-state index contributed by atoms with van der Waals surface area (Å²) in [6.07, 6.45) is 0.829. The Labute approximate surface area is 133 Å². The highest BCUT2D eigenvalue weighted by Crippen LogP contribution is 2.38. The molecule has 0 radical (unpaired) electrons. The lowest BCUT2D eigenvalue weighted by molar-refractivity contribution is 0.206. The molecule has 0 bridgehead atoms. The van der Waals surface area contributed by atoms with Gasteiger partial charge in [-0.2, -0.15) is 15.0 Å². The van der Waals surface area contributed by atoms with E-state index in [-0.39, 0.29) is 35.5 Å². The molecule has 1 aliphatic carbocycles. The SMILES string of the molecule is C[C@H]1Cc2ccc(F)cc2[C@@H]1Nc1nc(N)nc(C(C)(C)F)n1. The van der Waals surface area contributed by atoms with Crippen molar-refractivity contribution >= 4 is 11.9 Å². The smallest absolute Gasteiger partial charge is 0.228 e. The maximum absolute atomic E-state index is 14.1.